The number of pyridine rings is 1. The summed E-state index contributed by atoms with van der Waals surface area (Å²) in [5, 5.41) is 2.72. The first-order chi connectivity index (χ1) is 14.9. The van der Waals surface area contributed by atoms with Crippen molar-refractivity contribution in [2.45, 2.75) is 34.1 Å². The summed E-state index contributed by atoms with van der Waals surface area (Å²) in [4.78, 5) is 4.68. The van der Waals surface area contributed by atoms with Gasteiger partial charge < -0.3 is 0 Å². The summed E-state index contributed by atoms with van der Waals surface area (Å²) in [6, 6.07) is 26.4. The highest BCUT2D eigenvalue weighted by Crippen LogP contribution is 2.41. The number of hydrogen-bond donors (Lipinski definition) is 0. The molecule has 0 N–H and O–H groups in total. The van der Waals surface area contributed by atoms with Gasteiger partial charge >= 0.3 is 0 Å². The highest BCUT2D eigenvalue weighted by molar-refractivity contribution is 7.25. The minimum absolute atomic E-state index is 0.266. The van der Waals surface area contributed by atoms with Crippen LogP contribution in [-0.2, 0) is 6.42 Å². The van der Waals surface area contributed by atoms with Crippen molar-refractivity contribution in [1.82, 2.24) is 4.98 Å². The van der Waals surface area contributed by atoms with Gasteiger partial charge in [0, 0.05) is 31.9 Å². The highest BCUT2D eigenvalue weighted by atomic mass is 32.1. The van der Waals surface area contributed by atoms with E-state index in [1.807, 2.05) is 17.5 Å². The Kier molecular flexibility index (Phi) is 4.91. The van der Waals surface area contributed by atoms with Crippen LogP contribution in [0.25, 0.3) is 42.6 Å². The van der Waals surface area contributed by atoms with Gasteiger partial charge in [-0.1, -0.05) is 69.3 Å². The second-order valence-electron chi connectivity index (χ2n) is 9.58. The van der Waals surface area contributed by atoms with E-state index in [1.54, 1.807) is 0 Å². The van der Waals surface area contributed by atoms with Crippen molar-refractivity contribution >= 4 is 31.5 Å². The zero-order valence-corrected chi connectivity index (χ0v) is 19.4. The van der Waals surface area contributed by atoms with Gasteiger partial charge in [0.2, 0.25) is 0 Å². The van der Waals surface area contributed by atoms with E-state index >= 15 is 0 Å². The molecule has 0 radical (unpaired) electrons. The molecule has 0 aliphatic carbocycles. The minimum atomic E-state index is 0.266. The number of hydrogen-bond acceptors (Lipinski definition) is 2. The number of thiophene rings is 1. The van der Waals surface area contributed by atoms with Gasteiger partial charge in [0.05, 0.1) is 5.69 Å². The molecule has 0 spiro atoms. The predicted octanol–water partition coefficient (Wildman–Crippen LogP) is 8.68. The molecule has 2 aromatic heterocycles. The summed E-state index contributed by atoms with van der Waals surface area (Å²) in [7, 11) is 0. The lowest BCUT2D eigenvalue weighted by Gasteiger charge is -2.18. The Bertz CT molecular complexity index is 1390. The van der Waals surface area contributed by atoms with Crippen LogP contribution in [0, 0.1) is 12.3 Å². The Morgan fingerprint density at radius 3 is 2.39 bits per heavy atom. The van der Waals surface area contributed by atoms with E-state index in [9.17, 15) is 0 Å². The Labute approximate surface area is 188 Å². The average molecular weight is 422 g/mol. The molecular weight excluding hydrogens is 394 g/mol. The van der Waals surface area contributed by atoms with Gasteiger partial charge in [0.25, 0.3) is 0 Å². The molecule has 31 heavy (non-hydrogen) atoms. The molecule has 5 rings (SSSR count). The topological polar surface area (TPSA) is 12.9 Å². The van der Waals surface area contributed by atoms with E-state index in [1.165, 1.54) is 48.0 Å². The van der Waals surface area contributed by atoms with Gasteiger partial charge in [-0.2, -0.15) is 0 Å². The summed E-state index contributed by atoms with van der Waals surface area (Å²) >= 11 is 1.87. The lowest BCUT2D eigenvalue weighted by molar-refractivity contribution is 0.411. The molecule has 0 bridgehead atoms. The maximum Gasteiger partial charge on any atom is 0.0705 e. The molecule has 0 atom stereocenters. The van der Waals surface area contributed by atoms with Crippen molar-refractivity contribution in [3.05, 3.63) is 90.1 Å². The Balaban J connectivity index is 1.61. The number of aryl methyl sites for hydroxylation is 1. The highest BCUT2D eigenvalue weighted by Gasteiger charge is 2.14. The van der Waals surface area contributed by atoms with Crippen molar-refractivity contribution in [3.63, 3.8) is 0 Å². The van der Waals surface area contributed by atoms with Gasteiger partial charge in [0.15, 0.2) is 0 Å². The SMILES string of the molecule is Cc1c(-c2ccccc2)ccc2sc3cc(-c4cc(CC(C)(C)C)ccn4)ccc3c12. The van der Waals surface area contributed by atoms with Crippen molar-refractivity contribution in [2.75, 3.05) is 0 Å². The van der Waals surface area contributed by atoms with E-state index in [2.05, 4.69) is 105 Å². The molecule has 2 heterocycles. The number of nitrogens with zero attached hydrogens (tertiary/aromatic N) is 1. The van der Waals surface area contributed by atoms with Crippen LogP contribution in [0.4, 0.5) is 0 Å². The van der Waals surface area contributed by atoms with Crippen LogP contribution in [0.15, 0.2) is 79.0 Å². The number of benzene rings is 3. The second kappa shape index (κ2) is 7.62. The minimum Gasteiger partial charge on any atom is -0.256 e. The monoisotopic (exact) mass is 421 g/mol. The van der Waals surface area contributed by atoms with Gasteiger partial charge in [-0.25, -0.2) is 0 Å². The van der Waals surface area contributed by atoms with Crippen molar-refractivity contribution < 1.29 is 0 Å². The van der Waals surface area contributed by atoms with Crippen LogP contribution < -0.4 is 0 Å². The number of rotatable bonds is 3. The molecule has 2 heteroatoms. The van der Waals surface area contributed by atoms with Crippen LogP contribution in [0.2, 0.25) is 0 Å². The predicted molar refractivity (Wildman–Crippen MR) is 136 cm³/mol. The van der Waals surface area contributed by atoms with Gasteiger partial charge in [-0.05, 0) is 65.3 Å². The van der Waals surface area contributed by atoms with E-state index in [-0.39, 0.29) is 5.41 Å². The number of aromatic nitrogens is 1. The molecule has 0 unspecified atom stereocenters. The lowest BCUT2D eigenvalue weighted by atomic mass is 9.88. The maximum absolute atomic E-state index is 4.68. The zero-order valence-electron chi connectivity index (χ0n) is 18.6. The van der Waals surface area contributed by atoms with Gasteiger partial charge in [-0.3, -0.25) is 4.98 Å². The summed E-state index contributed by atoms with van der Waals surface area (Å²) in [6.07, 6.45) is 3.00. The van der Waals surface area contributed by atoms with Gasteiger partial charge in [-0.15, -0.1) is 11.3 Å². The zero-order chi connectivity index (χ0) is 21.6. The standard InChI is InChI=1S/C29H27NS/c1-19-23(21-8-6-5-7-9-21)12-13-26-28(19)24-11-10-22(17-27(24)31-26)25-16-20(14-15-30-25)18-29(2,3)4/h5-17H,18H2,1-4H3. The normalized spacial score (nSPS) is 12.0. The van der Waals surface area contributed by atoms with Crippen LogP contribution in [0.5, 0.6) is 0 Å². The van der Waals surface area contributed by atoms with Crippen LogP contribution in [0.3, 0.4) is 0 Å². The summed E-state index contributed by atoms with van der Waals surface area (Å²) in [5.41, 5.74) is 7.80. The van der Waals surface area contributed by atoms with Crippen molar-refractivity contribution in [2.24, 2.45) is 5.41 Å². The molecule has 0 fully saturated rings. The fraction of sp³-hybridized carbons (Fsp3) is 0.207. The smallest absolute Gasteiger partial charge is 0.0705 e. The molecular formula is C29H27NS. The second-order valence-corrected chi connectivity index (χ2v) is 10.7. The molecule has 1 nitrogen and oxygen atoms in total. The Hall–Kier alpha value is -2.97. The quantitative estimate of drug-likeness (QED) is 0.284. The third kappa shape index (κ3) is 3.88. The Morgan fingerprint density at radius 1 is 0.806 bits per heavy atom. The first-order valence-electron chi connectivity index (χ1n) is 10.9. The van der Waals surface area contributed by atoms with E-state index in [0.717, 1.165) is 12.1 Å². The fourth-order valence-electron chi connectivity index (χ4n) is 4.48. The maximum atomic E-state index is 4.68. The van der Waals surface area contributed by atoms with Crippen LogP contribution in [0.1, 0.15) is 31.9 Å². The first-order valence-corrected chi connectivity index (χ1v) is 11.7. The van der Waals surface area contributed by atoms with Crippen LogP contribution >= 0.6 is 11.3 Å². The molecule has 154 valence electrons. The van der Waals surface area contributed by atoms with E-state index < -0.39 is 0 Å². The van der Waals surface area contributed by atoms with E-state index in [4.69, 9.17) is 0 Å². The van der Waals surface area contributed by atoms with Gasteiger partial charge in [0.1, 0.15) is 0 Å². The van der Waals surface area contributed by atoms with Crippen molar-refractivity contribution in [1.29, 1.82) is 0 Å². The van der Waals surface area contributed by atoms with E-state index in [0.29, 0.717) is 0 Å². The third-order valence-electron chi connectivity index (χ3n) is 5.84. The number of fused-ring (bicyclic) bond motifs is 3. The first kappa shape index (κ1) is 20.0. The average Bonchev–Trinajstić information content (AvgIpc) is 3.12. The molecule has 0 aliphatic rings. The molecule has 0 saturated heterocycles. The third-order valence-corrected chi connectivity index (χ3v) is 6.95. The molecule has 3 aromatic carbocycles. The fourth-order valence-corrected chi connectivity index (χ4v) is 5.69. The lowest BCUT2D eigenvalue weighted by Crippen LogP contribution is -2.09. The Morgan fingerprint density at radius 2 is 1.61 bits per heavy atom. The molecule has 0 aliphatic heterocycles. The molecule has 0 amide bonds. The summed E-state index contributed by atoms with van der Waals surface area (Å²) in [5.74, 6) is 0. The largest absolute Gasteiger partial charge is 0.256 e. The van der Waals surface area contributed by atoms with Crippen molar-refractivity contribution in [3.8, 4) is 22.4 Å². The van der Waals surface area contributed by atoms with Crippen LogP contribution in [-0.4, -0.2) is 4.98 Å². The summed E-state index contributed by atoms with van der Waals surface area (Å²) < 4.78 is 2.67. The summed E-state index contributed by atoms with van der Waals surface area (Å²) in [6.45, 7) is 9.09. The molecule has 0 saturated carbocycles. The molecule has 5 aromatic rings.